The van der Waals surface area contributed by atoms with Crippen LogP contribution in [-0.4, -0.2) is 4.98 Å². The molecule has 4 aromatic rings. The summed E-state index contributed by atoms with van der Waals surface area (Å²) < 4.78 is 0. The maximum Gasteiger partial charge on any atom is 0.0788 e. The highest BCUT2D eigenvalue weighted by atomic mass is 32.2. The second-order valence-corrected chi connectivity index (χ2v) is 8.43. The molecule has 0 fully saturated rings. The molecule has 3 aromatic carbocycles. The quantitative estimate of drug-likeness (QED) is 0.396. The topological polar surface area (TPSA) is 12.9 Å². The minimum absolute atomic E-state index is 0.282. The van der Waals surface area contributed by atoms with E-state index < -0.39 is 0 Å². The van der Waals surface area contributed by atoms with Gasteiger partial charge in [-0.1, -0.05) is 66.7 Å². The van der Waals surface area contributed by atoms with E-state index in [1.165, 1.54) is 10.5 Å². The van der Waals surface area contributed by atoms with Crippen LogP contribution in [-0.2, 0) is 0 Å². The summed E-state index contributed by atoms with van der Waals surface area (Å²) in [6, 6.07) is 30.6. The predicted octanol–water partition coefficient (Wildman–Crippen LogP) is 6.77. The Labute approximate surface area is 162 Å². The minimum atomic E-state index is -0.282. The molecular formula is C25H18NS. The van der Waals surface area contributed by atoms with E-state index >= 15 is 0 Å². The smallest absolute Gasteiger partial charge is 0.0788 e. The van der Waals surface area contributed by atoms with Gasteiger partial charge in [0.25, 0.3) is 0 Å². The van der Waals surface area contributed by atoms with E-state index in [2.05, 4.69) is 89.7 Å². The highest BCUT2D eigenvalue weighted by Gasteiger charge is 2.12. The van der Waals surface area contributed by atoms with Crippen molar-refractivity contribution in [3.05, 3.63) is 108 Å². The molecule has 2 heterocycles. The predicted molar refractivity (Wildman–Crippen MR) is 117 cm³/mol. The molecule has 0 atom stereocenters. The van der Waals surface area contributed by atoms with Gasteiger partial charge in [0.2, 0.25) is 0 Å². The van der Waals surface area contributed by atoms with E-state index in [0.29, 0.717) is 0 Å². The van der Waals surface area contributed by atoms with Crippen molar-refractivity contribution >= 4 is 21.8 Å². The fourth-order valence-corrected chi connectivity index (χ4v) is 4.93. The van der Waals surface area contributed by atoms with Gasteiger partial charge in [0, 0.05) is 16.5 Å². The molecule has 0 aliphatic carbocycles. The van der Waals surface area contributed by atoms with Gasteiger partial charge in [-0.2, -0.15) is 10.9 Å². The average Bonchev–Trinajstić information content (AvgIpc) is 3.28. The lowest BCUT2D eigenvalue weighted by Gasteiger charge is -2.14. The first-order chi connectivity index (χ1) is 13.4. The van der Waals surface area contributed by atoms with Gasteiger partial charge in [-0.15, -0.1) is 0 Å². The molecular weight excluding hydrogens is 346 g/mol. The Morgan fingerprint density at radius 2 is 1.48 bits per heavy atom. The summed E-state index contributed by atoms with van der Waals surface area (Å²) >= 11 is 0. The third-order valence-corrected chi connectivity index (χ3v) is 6.68. The molecule has 0 amide bonds. The highest BCUT2D eigenvalue weighted by molar-refractivity contribution is 8.22. The molecule has 2 heteroatoms. The Kier molecular flexibility index (Phi) is 4.11. The van der Waals surface area contributed by atoms with Crippen molar-refractivity contribution in [2.24, 2.45) is 0 Å². The molecule has 0 bridgehead atoms. The molecule has 1 aromatic heterocycles. The number of benzene rings is 3. The zero-order chi connectivity index (χ0) is 18.1. The van der Waals surface area contributed by atoms with E-state index in [-0.39, 0.29) is 10.9 Å². The first-order valence-electron chi connectivity index (χ1n) is 8.98. The summed E-state index contributed by atoms with van der Waals surface area (Å²) in [5.41, 5.74) is 5.51. The summed E-state index contributed by atoms with van der Waals surface area (Å²) in [4.78, 5) is 6.37. The van der Waals surface area contributed by atoms with Crippen molar-refractivity contribution in [2.45, 2.75) is 4.90 Å². The zero-order valence-corrected chi connectivity index (χ0v) is 15.6. The molecule has 1 aliphatic heterocycles. The molecule has 0 N–H and O–H groups in total. The number of nitrogens with zero attached hydrogens (tertiary/aromatic N) is 1. The van der Waals surface area contributed by atoms with Crippen LogP contribution >= 0.6 is 10.9 Å². The van der Waals surface area contributed by atoms with E-state index in [9.17, 15) is 0 Å². The van der Waals surface area contributed by atoms with E-state index in [1.54, 1.807) is 0 Å². The Hall–Kier alpha value is -3.10. The number of rotatable bonds is 3. The summed E-state index contributed by atoms with van der Waals surface area (Å²) in [6.07, 6.45) is 4.27. The first kappa shape index (κ1) is 16.1. The van der Waals surface area contributed by atoms with Gasteiger partial charge in [-0.05, 0) is 51.6 Å². The van der Waals surface area contributed by atoms with Crippen LogP contribution in [0.5, 0.6) is 0 Å². The molecule has 129 valence electrons. The number of fused-ring (bicyclic) bond motifs is 1. The van der Waals surface area contributed by atoms with Crippen molar-refractivity contribution < 1.29 is 0 Å². The van der Waals surface area contributed by atoms with Gasteiger partial charge in [0.1, 0.15) is 0 Å². The zero-order valence-electron chi connectivity index (χ0n) is 14.7. The van der Waals surface area contributed by atoms with Crippen molar-refractivity contribution in [3.8, 4) is 22.4 Å². The molecule has 0 spiro atoms. The number of hydrogen-bond donors (Lipinski definition) is 1. The SMILES string of the molecule is [c]1ccc(-c2nc3ccccc3cc2-c2ccc([SH]3C=CC=C3)cc2)cc1. The molecule has 1 radical (unpaired) electrons. The van der Waals surface area contributed by atoms with E-state index in [0.717, 1.165) is 27.7 Å². The van der Waals surface area contributed by atoms with E-state index in [1.807, 2.05) is 18.2 Å². The van der Waals surface area contributed by atoms with Crippen LogP contribution in [0.4, 0.5) is 0 Å². The lowest BCUT2D eigenvalue weighted by molar-refractivity contribution is 1.38. The lowest BCUT2D eigenvalue weighted by Crippen LogP contribution is -1.91. The van der Waals surface area contributed by atoms with Gasteiger partial charge < -0.3 is 0 Å². The van der Waals surface area contributed by atoms with Crippen LogP contribution in [0.3, 0.4) is 0 Å². The molecule has 0 unspecified atom stereocenters. The Morgan fingerprint density at radius 3 is 2.26 bits per heavy atom. The number of hydrogen-bond acceptors (Lipinski definition) is 1. The van der Waals surface area contributed by atoms with Crippen LogP contribution in [0.1, 0.15) is 0 Å². The van der Waals surface area contributed by atoms with Crippen LogP contribution < -0.4 is 0 Å². The van der Waals surface area contributed by atoms with Gasteiger partial charge >= 0.3 is 0 Å². The Bertz CT molecular complexity index is 1150. The van der Waals surface area contributed by atoms with Crippen LogP contribution in [0.2, 0.25) is 0 Å². The molecule has 0 saturated heterocycles. The van der Waals surface area contributed by atoms with Crippen molar-refractivity contribution in [3.63, 3.8) is 0 Å². The highest BCUT2D eigenvalue weighted by Crippen LogP contribution is 2.43. The molecule has 1 nitrogen and oxygen atoms in total. The fraction of sp³-hybridized carbons (Fsp3) is 0. The first-order valence-corrected chi connectivity index (χ1v) is 10.5. The summed E-state index contributed by atoms with van der Waals surface area (Å²) in [6.45, 7) is 0. The summed E-state index contributed by atoms with van der Waals surface area (Å²) in [5, 5.41) is 5.73. The molecule has 0 saturated carbocycles. The molecule has 5 rings (SSSR count). The van der Waals surface area contributed by atoms with Gasteiger partial charge in [-0.25, -0.2) is 4.98 Å². The van der Waals surface area contributed by atoms with Gasteiger partial charge in [0.15, 0.2) is 0 Å². The van der Waals surface area contributed by atoms with Crippen LogP contribution in [0.15, 0.2) is 107 Å². The number of para-hydroxylation sites is 1. The van der Waals surface area contributed by atoms with Crippen molar-refractivity contribution in [1.29, 1.82) is 0 Å². The molecule has 27 heavy (non-hydrogen) atoms. The largest absolute Gasteiger partial charge is 0.247 e. The number of pyridine rings is 1. The Morgan fingerprint density at radius 1 is 0.741 bits per heavy atom. The average molecular weight is 364 g/mol. The lowest BCUT2D eigenvalue weighted by atomic mass is 9.97. The number of thiol groups is 1. The second kappa shape index (κ2) is 6.90. The van der Waals surface area contributed by atoms with Gasteiger partial charge in [0.05, 0.1) is 11.2 Å². The number of aromatic nitrogens is 1. The third-order valence-electron chi connectivity index (χ3n) is 4.80. The Balaban J connectivity index is 1.67. The second-order valence-electron chi connectivity index (χ2n) is 6.50. The van der Waals surface area contributed by atoms with Gasteiger partial charge in [-0.3, -0.25) is 0 Å². The van der Waals surface area contributed by atoms with Crippen molar-refractivity contribution in [1.82, 2.24) is 4.98 Å². The summed E-state index contributed by atoms with van der Waals surface area (Å²) in [5.74, 6) is 0. The van der Waals surface area contributed by atoms with Crippen molar-refractivity contribution in [2.75, 3.05) is 0 Å². The minimum Gasteiger partial charge on any atom is -0.247 e. The van der Waals surface area contributed by atoms with Crippen LogP contribution in [0, 0.1) is 6.07 Å². The summed E-state index contributed by atoms with van der Waals surface area (Å²) in [7, 11) is -0.282. The van der Waals surface area contributed by atoms with E-state index in [4.69, 9.17) is 4.98 Å². The maximum atomic E-state index is 4.99. The van der Waals surface area contributed by atoms with Crippen LogP contribution in [0.25, 0.3) is 33.3 Å². The maximum absolute atomic E-state index is 4.99. The number of allylic oxidation sites excluding steroid dienone is 2. The monoisotopic (exact) mass is 364 g/mol. The fourth-order valence-electron chi connectivity index (χ4n) is 3.42. The molecule has 1 aliphatic rings. The standard InChI is InChI=1S/C25H18NS/c1-2-8-20(9-3-1)25-23(18-21-10-4-5-11-24(21)26-25)19-12-14-22(15-13-19)27-16-6-7-17-27/h2-18,27H. The normalized spacial score (nSPS) is 14.1. The third kappa shape index (κ3) is 3.09.